The summed E-state index contributed by atoms with van der Waals surface area (Å²) in [6, 6.07) is 18.4. The molecule has 10 nitrogen and oxygen atoms in total. The highest BCUT2D eigenvalue weighted by atomic mass is 79.9. The van der Waals surface area contributed by atoms with E-state index in [1.54, 1.807) is 31.2 Å². The molecule has 0 unspecified atom stereocenters. The number of amides is 1. The lowest BCUT2D eigenvalue weighted by atomic mass is 10.2. The Bertz CT molecular complexity index is 1540. The molecule has 0 aliphatic heterocycles. The largest absolute Gasteiger partial charge is 0.490 e. The molecule has 0 aliphatic rings. The zero-order valence-corrected chi connectivity index (χ0v) is 24.6. The molecule has 0 saturated carbocycles. The average Bonchev–Trinajstić information content (AvgIpc) is 3.55. The van der Waals surface area contributed by atoms with Gasteiger partial charge in [0.2, 0.25) is 0 Å². The van der Waals surface area contributed by atoms with E-state index in [0.29, 0.717) is 33.9 Å². The van der Waals surface area contributed by atoms with E-state index in [2.05, 4.69) is 57.0 Å². The Hall–Kier alpha value is -4.51. The number of ether oxygens (including phenoxy) is 3. The van der Waals surface area contributed by atoms with E-state index in [9.17, 15) is 9.59 Å². The van der Waals surface area contributed by atoms with Crippen molar-refractivity contribution in [2.45, 2.75) is 40.4 Å². The first-order chi connectivity index (χ1) is 19.7. The monoisotopic (exact) mass is 623 g/mol. The van der Waals surface area contributed by atoms with Gasteiger partial charge in [-0.25, -0.2) is 10.2 Å². The molecule has 2 aromatic carbocycles. The van der Waals surface area contributed by atoms with Gasteiger partial charge in [-0.2, -0.15) is 5.10 Å². The Labute approximate surface area is 245 Å². The molecule has 1 atom stereocenters. The molecule has 0 bridgehead atoms. The van der Waals surface area contributed by atoms with Crippen LogP contribution in [0.4, 0.5) is 0 Å². The summed E-state index contributed by atoms with van der Waals surface area (Å²) in [6.45, 7) is 7.83. The van der Waals surface area contributed by atoms with E-state index in [4.69, 9.17) is 23.7 Å². The summed E-state index contributed by atoms with van der Waals surface area (Å²) in [6.07, 6.45) is 0.348. The lowest BCUT2D eigenvalue weighted by molar-refractivity contribution is -0.144. The summed E-state index contributed by atoms with van der Waals surface area (Å²) < 4.78 is 25.2. The first-order valence-electron chi connectivity index (χ1n) is 12.8. The van der Waals surface area contributed by atoms with Crippen molar-refractivity contribution in [3.63, 3.8) is 0 Å². The number of carbonyl (C=O) groups is 2. The smallest absolute Gasteiger partial charge is 0.344 e. The van der Waals surface area contributed by atoms with Crippen LogP contribution >= 0.6 is 15.9 Å². The quantitative estimate of drug-likeness (QED) is 0.145. The van der Waals surface area contributed by atoms with Crippen LogP contribution in [-0.4, -0.2) is 40.5 Å². The lowest BCUT2D eigenvalue weighted by Crippen LogP contribution is -2.23. The van der Waals surface area contributed by atoms with Gasteiger partial charge in [-0.3, -0.25) is 4.79 Å². The second-order valence-corrected chi connectivity index (χ2v) is 9.91. The van der Waals surface area contributed by atoms with Gasteiger partial charge in [0.25, 0.3) is 0 Å². The fourth-order valence-electron chi connectivity index (χ4n) is 3.99. The molecule has 4 aromatic rings. The van der Waals surface area contributed by atoms with Crippen LogP contribution in [0.1, 0.15) is 47.1 Å². The van der Waals surface area contributed by atoms with E-state index in [1.165, 1.54) is 13.1 Å². The molecule has 0 fully saturated rings. The van der Waals surface area contributed by atoms with Crippen molar-refractivity contribution in [2.75, 3.05) is 6.61 Å². The Kier molecular flexibility index (Phi) is 9.51. The van der Waals surface area contributed by atoms with Crippen molar-refractivity contribution in [3.05, 3.63) is 93.6 Å². The van der Waals surface area contributed by atoms with Gasteiger partial charge >= 0.3 is 11.9 Å². The predicted octanol–water partition coefficient (Wildman–Crippen LogP) is 6.04. The van der Waals surface area contributed by atoms with Crippen LogP contribution in [0, 0.1) is 13.8 Å². The normalized spacial score (nSPS) is 11.8. The number of carbonyl (C=O) groups excluding carboxylic acids is 1. The molecule has 4 rings (SSSR count). The van der Waals surface area contributed by atoms with Crippen LogP contribution in [0.25, 0.3) is 5.69 Å². The minimum Gasteiger partial charge on any atom is -0.490 e. The first kappa shape index (κ1) is 29.5. The van der Waals surface area contributed by atoms with Gasteiger partial charge < -0.3 is 28.3 Å². The number of aryl methyl sites for hydroxylation is 2. The fourth-order valence-corrected chi connectivity index (χ4v) is 4.54. The number of aliphatic carboxylic acids is 1. The third kappa shape index (κ3) is 7.37. The highest BCUT2D eigenvalue weighted by Gasteiger charge is 2.19. The van der Waals surface area contributed by atoms with E-state index in [0.717, 1.165) is 17.1 Å². The summed E-state index contributed by atoms with van der Waals surface area (Å²) in [5.41, 5.74) is 6.36. The van der Waals surface area contributed by atoms with Crippen molar-refractivity contribution in [1.29, 1.82) is 0 Å². The average molecular weight is 624 g/mol. The van der Waals surface area contributed by atoms with Crippen molar-refractivity contribution in [1.82, 2.24) is 9.99 Å². The van der Waals surface area contributed by atoms with Gasteiger partial charge in [-0.05, 0) is 110 Å². The number of hydrogen-bond acceptors (Lipinski definition) is 7. The number of aromatic nitrogens is 1. The van der Waals surface area contributed by atoms with Crippen LogP contribution in [0.2, 0.25) is 0 Å². The van der Waals surface area contributed by atoms with Crippen LogP contribution in [0.3, 0.4) is 0 Å². The minimum absolute atomic E-state index is 0.0808. The van der Waals surface area contributed by atoms with Gasteiger partial charge in [-0.15, -0.1) is 0 Å². The van der Waals surface area contributed by atoms with Crippen LogP contribution in [0.5, 0.6) is 17.2 Å². The number of carboxylic acid groups (broad SMARTS) is 1. The number of carboxylic acids is 1. The third-order valence-corrected chi connectivity index (χ3v) is 6.58. The molecular formula is C30H30BrN3O7. The predicted molar refractivity (Wildman–Crippen MR) is 156 cm³/mol. The van der Waals surface area contributed by atoms with Crippen molar-refractivity contribution in [2.24, 2.45) is 5.10 Å². The standard InChI is InChI=1S/C30H30BrN3O7/c1-5-38-27-15-21(14-25(31)28(27)40-20(4)30(36)37)16-32-33-29(35)26-13-12-24(41-26)17-39-23-10-8-22(9-11-23)34-18(2)6-7-19(34)3/h6-16,20H,5,17H2,1-4H3,(H,33,35)(H,36,37)/b32-16+/t20-/m0/s1. The summed E-state index contributed by atoms with van der Waals surface area (Å²) in [5.74, 6) is 0.198. The van der Waals surface area contributed by atoms with E-state index in [-0.39, 0.29) is 18.1 Å². The maximum absolute atomic E-state index is 12.5. The van der Waals surface area contributed by atoms with Crippen molar-refractivity contribution < 1.29 is 33.3 Å². The molecule has 2 heterocycles. The molecule has 2 N–H and O–H groups in total. The second kappa shape index (κ2) is 13.2. The van der Waals surface area contributed by atoms with Gasteiger partial charge in [0.1, 0.15) is 18.1 Å². The molecule has 0 spiro atoms. The number of nitrogens with one attached hydrogen (secondary N) is 1. The minimum atomic E-state index is -1.10. The summed E-state index contributed by atoms with van der Waals surface area (Å²) in [4.78, 5) is 23.7. The number of halogens is 1. The number of hydrazone groups is 1. The van der Waals surface area contributed by atoms with Crippen LogP contribution in [-0.2, 0) is 11.4 Å². The van der Waals surface area contributed by atoms with Crippen LogP contribution in [0.15, 0.2) is 74.7 Å². The maximum Gasteiger partial charge on any atom is 0.344 e. The molecule has 0 saturated heterocycles. The first-order valence-corrected chi connectivity index (χ1v) is 13.6. The summed E-state index contributed by atoms with van der Waals surface area (Å²) in [7, 11) is 0. The number of benzene rings is 2. The third-order valence-electron chi connectivity index (χ3n) is 5.99. The van der Waals surface area contributed by atoms with Crippen LogP contribution < -0.4 is 19.6 Å². The van der Waals surface area contributed by atoms with E-state index >= 15 is 0 Å². The Morgan fingerprint density at radius 3 is 2.44 bits per heavy atom. The number of nitrogens with zero attached hydrogens (tertiary/aromatic N) is 2. The molecule has 0 radical (unpaired) electrons. The highest BCUT2D eigenvalue weighted by molar-refractivity contribution is 9.10. The Balaban J connectivity index is 1.34. The number of rotatable bonds is 12. The molecular weight excluding hydrogens is 594 g/mol. The van der Waals surface area contributed by atoms with Crippen molar-refractivity contribution in [3.8, 4) is 22.9 Å². The molecule has 214 valence electrons. The number of hydrogen-bond donors (Lipinski definition) is 2. The molecule has 11 heteroatoms. The second-order valence-electron chi connectivity index (χ2n) is 9.06. The van der Waals surface area contributed by atoms with E-state index in [1.807, 2.05) is 24.3 Å². The summed E-state index contributed by atoms with van der Waals surface area (Å²) in [5, 5.41) is 13.1. The fraction of sp³-hybridized carbons (Fsp3) is 0.233. The molecule has 0 aliphatic carbocycles. The zero-order valence-electron chi connectivity index (χ0n) is 23.0. The maximum atomic E-state index is 12.5. The zero-order chi connectivity index (χ0) is 29.5. The Morgan fingerprint density at radius 2 is 1.78 bits per heavy atom. The summed E-state index contributed by atoms with van der Waals surface area (Å²) >= 11 is 3.38. The Morgan fingerprint density at radius 1 is 1.07 bits per heavy atom. The van der Waals surface area contributed by atoms with Gasteiger partial charge in [-0.1, -0.05) is 0 Å². The van der Waals surface area contributed by atoms with Gasteiger partial charge in [0.05, 0.1) is 17.3 Å². The molecule has 41 heavy (non-hydrogen) atoms. The van der Waals surface area contributed by atoms with Crippen molar-refractivity contribution >= 4 is 34.0 Å². The highest BCUT2D eigenvalue weighted by Crippen LogP contribution is 2.37. The molecule has 2 aromatic heterocycles. The van der Waals surface area contributed by atoms with Gasteiger partial charge in [0.15, 0.2) is 23.4 Å². The molecule has 1 amide bonds. The van der Waals surface area contributed by atoms with E-state index < -0.39 is 18.0 Å². The SMILES string of the molecule is CCOc1cc(/C=N/NC(=O)c2ccc(COc3ccc(-n4c(C)ccc4C)cc3)o2)cc(Br)c1O[C@@H](C)C(=O)O. The van der Waals surface area contributed by atoms with Gasteiger partial charge in [0, 0.05) is 17.1 Å². The lowest BCUT2D eigenvalue weighted by Gasteiger charge is -2.16. The topological polar surface area (TPSA) is 125 Å². The number of furan rings is 1.